The van der Waals surface area contributed by atoms with Crippen LogP contribution in [0.5, 0.6) is 0 Å². The first-order chi connectivity index (χ1) is 9.84. The standard InChI is InChI=1S/C19H13N/c20-11-8-9-16-17(10-11)15-7-3-6-14-12-4-1-2-5-13(12)19(16)18(14)15/h1-10,19H,20H2. The summed E-state index contributed by atoms with van der Waals surface area (Å²) in [6.07, 6.45) is 0. The predicted molar refractivity (Wildman–Crippen MR) is 82.7 cm³/mol. The molecule has 2 aliphatic rings. The van der Waals surface area contributed by atoms with Crippen LogP contribution in [0.3, 0.4) is 0 Å². The lowest BCUT2D eigenvalue weighted by atomic mass is 9.93. The molecule has 3 aromatic carbocycles. The Balaban J connectivity index is 1.95. The van der Waals surface area contributed by atoms with Crippen molar-refractivity contribution in [2.75, 3.05) is 5.73 Å². The lowest BCUT2D eigenvalue weighted by Gasteiger charge is -2.10. The molecule has 0 radical (unpaired) electrons. The zero-order valence-electron chi connectivity index (χ0n) is 10.9. The molecule has 0 saturated heterocycles. The average molecular weight is 255 g/mol. The average Bonchev–Trinajstić information content (AvgIpc) is 2.98. The van der Waals surface area contributed by atoms with Crippen LogP contribution in [0.1, 0.15) is 22.6 Å². The van der Waals surface area contributed by atoms with E-state index in [0.717, 1.165) is 5.69 Å². The molecule has 1 atom stereocenters. The van der Waals surface area contributed by atoms with Crippen molar-refractivity contribution in [1.82, 2.24) is 0 Å². The SMILES string of the molecule is Nc1ccc2c(c1)-c1cccc3c1C2c1ccccc1-3. The topological polar surface area (TPSA) is 26.0 Å². The third kappa shape index (κ3) is 1.05. The minimum atomic E-state index is 0.396. The van der Waals surface area contributed by atoms with Crippen LogP contribution in [-0.4, -0.2) is 0 Å². The maximum Gasteiger partial charge on any atom is 0.0364 e. The second-order valence-electron chi connectivity index (χ2n) is 5.63. The fourth-order valence-electron chi connectivity index (χ4n) is 3.88. The summed E-state index contributed by atoms with van der Waals surface area (Å²) < 4.78 is 0. The predicted octanol–water partition coefficient (Wildman–Crippen LogP) is 4.41. The number of fused-ring (bicyclic) bond motifs is 6. The molecule has 0 saturated carbocycles. The maximum absolute atomic E-state index is 5.98. The van der Waals surface area contributed by atoms with Gasteiger partial charge in [0.25, 0.3) is 0 Å². The quantitative estimate of drug-likeness (QED) is 0.407. The van der Waals surface area contributed by atoms with Gasteiger partial charge >= 0.3 is 0 Å². The molecular formula is C19H13N. The molecule has 0 spiro atoms. The molecule has 94 valence electrons. The van der Waals surface area contributed by atoms with E-state index in [1.165, 1.54) is 38.9 Å². The van der Waals surface area contributed by atoms with Gasteiger partial charge in [-0.05, 0) is 51.1 Å². The van der Waals surface area contributed by atoms with Gasteiger partial charge < -0.3 is 5.73 Å². The van der Waals surface area contributed by atoms with E-state index in [2.05, 4.69) is 54.6 Å². The number of nitrogen functional groups attached to an aromatic ring is 1. The van der Waals surface area contributed by atoms with Gasteiger partial charge in [0.15, 0.2) is 0 Å². The molecule has 0 aliphatic heterocycles. The zero-order chi connectivity index (χ0) is 13.3. The molecule has 0 fully saturated rings. The Morgan fingerprint density at radius 2 is 1.35 bits per heavy atom. The Hall–Kier alpha value is -2.54. The normalized spacial score (nSPS) is 16.7. The van der Waals surface area contributed by atoms with Crippen molar-refractivity contribution < 1.29 is 0 Å². The smallest absolute Gasteiger partial charge is 0.0364 e. The van der Waals surface area contributed by atoms with Crippen LogP contribution < -0.4 is 5.73 Å². The van der Waals surface area contributed by atoms with Crippen molar-refractivity contribution in [1.29, 1.82) is 0 Å². The third-order valence-electron chi connectivity index (χ3n) is 4.64. The van der Waals surface area contributed by atoms with Gasteiger partial charge in [-0.2, -0.15) is 0 Å². The van der Waals surface area contributed by atoms with E-state index >= 15 is 0 Å². The van der Waals surface area contributed by atoms with Crippen LogP contribution >= 0.6 is 0 Å². The summed E-state index contributed by atoms with van der Waals surface area (Å²) in [5.41, 5.74) is 16.5. The Kier molecular flexibility index (Phi) is 1.70. The van der Waals surface area contributed by atoms with Gasteiger partial charge in [-0.1, -0.05) is 48.5 Å². The van der Waals surface area contributed by atoms with Gasteiger partial charge in [-0.25, -0.2) is 0 Å². The molecule has 2 N–H and O–H groups in total. The van der Waals surface area contributed by atoms with Crippen LogP contribution in [0, 0.1) is 0 Å². The van der Waals surface area contributed by atoms with E-state index in [4.69, 9.17) is 5.73 Å². The number of hydrogen-bond acceptors (Lipinski definition) is 1. The van der Waals surface area contributed by atoms with Crippen molar-refractivity contribution in [2.45, 2.75) is 5.92 Å². The van der Waals surface area contributed by atoms with Crippen LogP contribution in [0.2, 0.25) is 0 Å². The molecule has 20 heavy (non-hydrogen) atoms. The fraction of sp³-hybridized carbons (Fsp3) is 0.0526. The molecule has 1 unspecified atom stereocenters. The van der Waals surface area contributed by atoms with E-state index in [9.17, 15) is 0 Å². The maximum atomic E-state index is 5.98. The van der Waals surface area contributed by atoms with Crippen molar-refractivity contribution in [3.05, 3.63) is 77.4 Å². The van der Waals surface area contributed by atoms with Crippen LogP contribution in [0.15, 0.2) is 60.7 Å². The first-order valence-electron chi connectivity index (χ1n) is 6.96. The fourth-order valence-corrected chi connectivity index (χ4v) is 3.88. The molecule has 1 heteroatoms. The van der Waals surface area contributed by atoms with Crippen molar-refractivity contribution >= 4 is 5.69 Å². The van der Waals surface area contributed by atoms with E-state index in [0.29, 0.717) is 5.92 Å². The Morgan fingerprint density at radius 3 is 2.25 bits per heavy atom. The van der Waals surface area contributed by atoms with E-state index < -0.39 is 0 Å². The van der Waals surface area contributed by atoms with E-state index in [1.807, 2.05) is 6.07 Å². The molecule has 0 bridgehead atoms. The van der Waals surface area contributed by atoms with Gasteiger partial charge in [-0.3, -0.25) is 0 Å². The van der Waals surface area contributed by atoms with Crippen LogP contribution in [-0.2, 0) is 0 Å². The van der Waals surface area contributed by atoms with E-state index in [1.54, 1.807) is 0 Å². The summed E-state index contributed by atoms with van der Waals surface area (Å²) in [5.74, 6) is 0.396. The Bertz CT molecular complexity index is 877. The number of anilines is 1. The minimum Gasteiger partial charge on any atom is -0.399 e. The molecular weight excluding hydrogens is 242 g/mol. The molecule has 5 rings (SSSR count). The zero-order valence-corrected chi connectivity index (χ0v) is 10.9. The molecule has 3 aromatic rings. The first kappa shape index (κ1) is 10.3. The van der Waals surface area contributed by atoms with Gasteiger partial charge in [-0.15, -0.1) is 0 Å². The highest BCUT2D eigenvalue weighted by atomic mass is 14.5. The second-order valence-corrected chi connectivity index (χ2v) is 5.63. The third-order valence-corrected chi connectivity index (χ3v) is 4.64. The Labute approximate surface area is 117 Å². The van der Waals surface area contributed by atoms with Crippen molar-refractivity contribution in [3.63, 3.8) is 0 Å². The van der Waals surface area contributed by atoms with Crippen LogP contribution in [0.25, 0.3) is 22.3 Å². The Morgan fingerprint density at radius 1 is 0.650 bits per heavy atom. The molecule has 2 aliphatic carbocycles. The summed E-state index contributed by atoms with van der Waals surface area (Å²) in [6.45, 7) is 0. The summed E-state index contributed by atoms with van der Waals surface area (Å²) >= 11 is 0. The molecule has 1 nitrogen and oxygen atoms in total. The highest BCUT2D eigenvalue weighted by Gasteiger charge is 2.38. The van der Waals surface area contributed by atoms with Gasteiger partial charge in [0, 0.05) is 11.6 Å². The second kappa shape index (κ2) is 3.31. The highest BCUT2D eigenvalue weighted by Crippen LogP contribution is 2.57. The minimum absolute atomic E-state index is 0.396. The number of rotatable bonds is 0. The van der Waals surface area contributed by atoms with E-state index in [-0.39, 0.29) is 0 Å². The van der Waals surface area contributed by atoms with Crippen molar-refractivity contribution in [3.8, 4) is 22.3 Å². The molecule has 0 amide bonds. The number of hydrogen-bond donors (Lipinski definition) is 1. The lowest BCUT2D eigenvalue weighted by Crippen LogP contribution is -1.95. The number of benzene rings is 3. The number of nitrogens with two attached hydrogens (primary N) is 1. The highest BCUT2D eigenvalue weighted by molar-refractivity contribution is 5.94. The van der Waals surface area contributed by atoms with Gasteiger partial charge in [0.2, 0.25) is 0 Å². The van der Waals surface area contributed by atoms with Gasteiger partial charge in [0.1, 0.15) is 0 Å². The molecule has 0 heterocycles. The summed E-state index contributed by atoms with van der Waals surface area (Å²) in [5, 5.41) is 0. The lowest BCUT2D eigenvalue weighted by molar-refractivity contribution is 1.06. The summed E-state index contributed by atoms with van der Waals surface area (Å²) in [4.78, 5) is 0. The molecule has 0 aromatic heterocycles. The summed E-state index contributed by atoms with van der Waals surface area (Å²) in [6, 6.07) is 21.7. The van der Waals surface area contributed by atoms with Gasteiger partial charge in [0.05, 0.1) is 0 Å². The first-order valence-corrected chi connectivity index (χ1v) is 6.96. The monoisotopic (exact) mass is 255 g/mol. The van der Waals surface area contributed by atoms with Crippen molar-refractivity contribution in [2.24, 2.45) is 0 Å². The summed E-state index contributed by atoms with van der Waals surface area (Å²) in [7, 11) is 0. The largest absolute Gasteiger partial charge is 0.399 e. The van der Waals surface area contributed by atoms with Crippen LogP contribution in [0.4, 0.5) is 5.69 Å².